The number of amides is 1. The zero-order valence-corrected chi connectivity index (χ0v) is 16.5. The molecule has 0 atom stereocenters. The van der Waals surface area contributed by atoms with E-state index >= 15 is 0 Å². The van der Waals surface area contributed by atoms with Crippen LogP contribution in [0.15, 0.2) is 46.6 Å². The molecule has 3 aromatic heterocycles. The van der Waals surface area contributed by atoms with Gasteiger partial charge in [-0.2, -0.15) is 5.10 Å². The van der Waals surface area contributed by atoms with Crippen molar-refractivity contribution in [3.63, 3.8) is 0 Å². The summed E-state index contributed by atoms with van der Waals surface area (Å²) in [6.45, 7) is 2.30. The maximum Gasteiger partial charge on any atom is 0.291 e. The van der Waals surface area contributed by atoms with Gasteiger partial charge in [0.15, 0.2) is 0 Å². The fraction of sp³-hybridized carbons (Fsp3) is 0.250. The summed E-state index contributed by atoms with van der Waals surface area (Å²) in [5.74, 6) is 1.16. The number of aromatic nitrogens is 3. The van der Waals surface area contributed by atoms with Crippen molar-refractivity contribution < 1.29 is 9.53 Å². The van der Waals surface area contributed by atoms with Gasteiger partial charge in [-0.15, -0.1) is 11.3 Å². The second kappa shape index (κ2) is 7.47. The molecule has 0 radical (unpaired) electrons. The molecule has 0 fully saturated rings. The van der Waals surface area contributed by atoms with Gasteiger partial charge in [-0.25, -0.2) is 4.68 Å². The lowest BCUT2D eigenvalue weighted by atomic mass is 10.2. The summed E-state index contributed by atoms with van der Waals surface area (Å²) in [5, 5.41) is 10.1. The van der Waals surface area contributed by atoms with Gasteiger partial charge in [-0.05, 0) is 29.6 Å². The average molecular weight is 396 g/mol. The molecule has 8 heteroatoms. The van der Waals surface area contributed by atoms with E-state index < -0.39 is 0 Å². The highest BCUT2D eigenvalue weighted by Gasteiger charge is 2.17. The maximum absolute atomic E-state index is 13.0. The molecular formula is C20H20N4O3S. The third kappa shape index (κ3) is 3.16. The summed E-state index contributed by atoms with van der Waals surface area (Å²) in [4.78, 5) is 26.4. The van der Waals surface area contributed by atoms with Crippen LogP contribution in [0, 0.1) is 0 Å². The Morgan fingerprint density at radius 2 is 2.11 bits per heavy atom. The summed E-state index contributed by atoms with van der Waals surface area (Å²) in [7, 11) is 1.60. The number of aryl methyl sites for hydroxylation is 1. The molecule has 144 valence electrons. The zero-order valence-electron chi connectivity index (χ0n) is 15.6. The van der Waals surface area contributed by atoms with Crippen molar-refractivity contribution in [3.05, 3.63) is 62.8 Å². The Morgan fingerprint density at radius 1 is 1.25 bits per heavy atom. The minimum atomic E-state index is -0.304. The topological polar surface area (TPSA) is 77.6 Å². The molecule has 0 aliphatic heterocycles. The third-order valence-corrected chi connectivity index (χ3v) is 5.50. The number of methoxy groups -OCH3 is 1. The molecule has 0 aliphatic rings. The van der Waals surface area contributed by atoms with E-state index in [1.165, 1.54) is 4.68 Å². The Morgan fingerprint density at radius 3 is 2.82 bits per heavy atom. The lowest BCUT2D eigenvalue weighted by Gasteiger charge is -2.10. The fourth-order valence-corrected chi connectivity index (χ4v) is 3.95. The van der Waals surface area contributed by atoms with Gasteiger partial charge in [0.25, 0.3) is 5.56 Å². The number of ether oxygens (including phenoxy) is 1. The molecular weight excluding hydrogens is 376 g/mol. The van der Waals surface area contributed by atoms with E-state index in [2.05, 4.69) is 10.4 Å². The van der Waals surface area contributed by atoms with Crippen molar-refractivity contribution in [2.75, 3.05) is 7.11 Å². The molecule has 1 aromatic carbocycles. The number of hydrogen-bond acceptors (Lipinski definition) is 5. The van der Waals surface area contributed by atoms with Crippen LogP contribution in [0.2, 0.25) is 0 Å². The molecule has 28 heavy (non-hydrogen) atoms. The van der Waals surface area contributed by atoms with Crippen LogP contribution in [0.4, 0.5) is 0 Å². The Balaban J connectivity index is 1.73. The number of nitrogens with zero attached hydrogens (tertiary/aromatic N) is 3. The van der Waals surface area contributed by atoms with E-state index in [1.54, 1.807) is 24.5 Å². The number of nitrogens with one attached hydrogen (secondary N) is 1. The first-order chi connectivity index (χ1) is 13.6. The predicted molar refractivity (Wildman–Crippen MR) is 109 cm³/mol. The quantitative estimate of drug-likeness (QED) is 0.543. The van der Waals surface area contributed by atoms with Crippen molar-refractivity contribution in [1.82, 2.24) is 19.5 Å². The van der Waals surface area contributed by atoms with Gasteiger partial charge in [-0.1, -0.05) is 19.1 Å². The Kier molecular flexibility index (Phi) is 4.87. The number of rotatable bonds is 6. The van der Waals surface area contributed by atoms with Gasteiger partial charge in [0, 0.05) is 16.7 Å². The first-order valence-corrected chi connectivity index (χ1v) is 9.87. The monoisotopic (exact) mass is 396 g/mol. The number of carbonyl (C=O) groups excluding carboxylic acids is 1. The van der Waals surface area contributed by atoms with E-state index in [-0.39, 0.29) is 18.0 Å². The number of benzene rings is 1. The van der Waals surface area contributed by atoms with Crippen LogP contribution in [-0.2, 0) is 24.3 Å². The number of hydrogen-bond donors (Lipinski definition) is 1. The highest BCUT2D eigenvalue weighted by Crippen LogP contribution is 2.28. The molecule has 0 spiro atoms. The van der Waals surface area contributed by atoms with E-state index in [0.29, 0.717) is 30.1 Å². The van der Waals surface area contributed by atoms with Gasteiger partial charge in [0.05, 0.1) is 19.2 Å². The molecule has 4 rings (SSSR count). The van der Waals surface area contributed by atoms with Crippen LogP contribution in [-0.4, -0.2) is 27.2 Å². The average Bonchev–Trinajstić information content (AvgIpc) is 3.36. The molecule has 0 saturated carbocycles. The van der Waals surface area contributed by atoms with Crippen molar-refractivity contribution in [1.29, 1.82) is 0 Å². The van der Waals surface area contributed by atoms with Crippen LogP contribution in [0.5, 0.6) is 5.75 Å². The van der Waals surface area contributed by atoms with Gasteiger partial charge in [0.1, 0.15) is 23.6 Å². The first-order valence-electron chi connectivity index (χ1n) is 8.99. The van der Waals surface area contributed by atoms with Gasteiger partial charge in [0.2, 0.25) is 5.91 Å². The summed E-state index contributed by atoms with van der Waals surface area (Å²) in [5.41, 5.74) is 1.05. The van der Waals surface area contributed by atoms with Crippen molar-refractivity contribution >= 4 is 33.7 Å². The minimum absolute atomic E-state index is 0.119. The van der Waals surface area contributed by atoms with E-state index in [1.807, 2.05) is 47.0 Å². The largest absolute Gasteiger partial charge is 0.496 e. The second-order valence-electron chi connectivity index (χ2n) is 6.35. The molecule has 7 nitrogen and oxygen atoms in total. The molecule has 4 aromatic rings. The van der Waals surface area contributed by atoms with E-state index in [4.69, 9.17) is 4.74 Å². The molecule has 0 unspecified atom stereocenters. The molecule has 1 amide bonds. The third-order valence-electron chi connectivity index (χ3n) is 4.62. The number of fused-ring (bicyclic) bond motifs is 3. The Labute approximate surface area is 165 Å². The number of thiophene rings is 1. The highest BCUT2D eigenvalue weighted by molar-refractivity contribution is 7.09. The van der Waals surface area contributed by atoms with Gasteiger partial charge < -0.3 is 10.1 Å². The minimum Gasteiger partial charge on any atom is -0.496 e. The summed E-state index contributed by atoms with van der Waals surface area (Å²) < 4.78 is 8.51. The molecule has 3 heterocycles. The van der Waals surface area contributed by atoms with Crippen LogP contribution in [0.25, 0.3) is 16.4 Å². The maximum atomic E-state index is 13.0. The van der Waals surface area contributed by atoms with Crippen LogP contribution in [0.1, 0.15) is 17.6 Å². The van der Waals surface area contributed by atoms with Gasteiger partial charge >= 0.3 is 0 Å². The Hall–Kier alpha value is -3.13. The normalized spacial score (nSPS) is 11.2. The lowest BCUT2D eigenvalue weighted by molar-refractivity contribution is -0.122. The van der Waals surface area contributed by atoms with E-state index in [9.17, 15) is 9.59 Å². The predicted octanol–water partition coefficient (Wildman–Crippen LogP) is 2.60. The fourth-order valence-electron chi connectivity index (χ4n) is 3.31. The van der Waals surface area contributed by atoms with Crippen molar-refractivity contribution in [2.45, 2.75) is 26.4 Å². The standard InChI is InChI=1S/C20H20N4O3S/c1-3-18-22-23(12-19(25)21-11-13-6-5-9-28-13)20(26)16-10-14-15(24(16)18)7-4-8-17(14)27-2/h4-10H,3,11-12H2,1-2H3,(H,21,25). The first kappa shape index (κ1) is 18.2. The molecule has 0 aliphatic carbocycles. The Bertz CT molecular complexity index is 1210. The van der Waals surface area contributed by atoms with Crippen molar-refractivity contribution in [3.8, 4) is 5.75 Å². The highest BCUT2D eigenvalue weighted by atomic mass is 32.1. The summed E-state index contributed by atoms with van der Waals surface area (Å²) in [6.07, 6.45) is 0.620. The van der Waals surface area contributed by atoms with Crippen LogP contribution in [0.3, 0.4) is 0 Å². The zero-order chi connectivity index (χ0) is 19.7. The van der Waals surface area contributed by atoms with Crippen LogP contribution >= 0.6 is 11.3 Å². The number of carbonyl (C=O) groups is 1. The molecule has 0 saturated heterocycles. The SMILES string of the molecule is CCc1nn(CC(=O)NCc2cccs2)c(=O)c2cc3c(OC)cccc3n12. The molecule has 0 bridgehead atoms. The molecule has 1 N–H and O–H groups in total. The second-order valence-corrected chi connectivity index (χ2v) is 7.38. The van der Waals surface area contributed by atoms with Gasteiger partial charge in [-0.3, -0.25) is 14.0 Å². The lowest BCUT2D eigenvalue weighted by Crippen LogP contribution is -2.34. The summed E-state index contributed by atoms with van der Waals surface area (Å²) in [6, 6.07) is 11.4. The summed E-state index contributed by atoms with van der Waals surface area (Å²) >= 11 is 1.57. The van der Waals surface area contributed by atoms with Crippen LogP contribution < -0.4 is 15.6 Å². The van der Waals surface area contributed by atoms with E-state index in [0.717, 1.165) is 15.8 Å². The smallest absolute Gasteiger partial charge is 0.291 e. The van der Waals surface area contributed by atoms with Crippen molar-refractivity contribution in [2.24, 2.45) is 0 Å².